The number of anilines is 1. The number of Topliss-reactive ketones (excluding diaryl/α,β-unsaturated/α-hetero) is 1. The maximum absolute atomic E-state index is 13.5. The molecule has 0 unspecified atom stereocenters. The van der Waals surface area contributed by atoms with Crippen molar-refractivity contribution in [3.05, 3.63) is 51.8 Å². The van der Waals surface area contributed by atoms with Crippen LogP contribution in [0.2, 0.25) is 5.02 Å². The molecule has 2 heterocycles. The SMILES string of the molecule is O=C(N[C@H]1C[C@H](O)C1)C(=O)c1c(Cl)c(C(=O)Nc2ccc(F)c(F)c2)c2n1CCCC2. The number of hydrogen-bond acceptors (Lipinski definition) is 4. The highest BCUT2D eigenvalue weighted by molar-refractivity contribution is 6.48. The van der Waals surface area contributed by atoms with E-state index in [0.29, 0.717) is 31.5 Å². The molecule has 31 heavy (non-hydrogen) atoms. The topological polar surface area (TPSA) is 100 Å². The lowest BCUT2D eigenvalue weighted by atomic mass is 9.89. The first kappa shape index (κ1) is 21.5. The van der Waals surface area contributed by atoms with Crippen LogP contribution in [0.4, 0.5) is 14.5 Å². The van der Waals surface area contributed by atoms with E-state index in [2.05, 4.69) is 10.6 Å². The molecular formula is C21H20ClF2N3O4. The van der Waals surface area contributed by atoms with Crippen molar-refractivity contribution < 1.29 is 28.3 Å². The smallest absolute Gasteiger partial charge is 0.294 e. The Bertz CT molecular complexity index is 1080. The third kappa shape index (κ3) is 4.07. The fourth-order valence-electron chi connectivity index (χ4n) is 3.99. The Morgan fingerprint density at radius 2 is 1.87 bits per heavy atom. The predicted octanol–water partition coefficient (Wildman–Crippen LogP) is 2.83. The molecule has 0 spiro atoms. The van der Waals surface area contributed by atoms with Crippen LogP contribution in [0.25, 0.3) is 0 Å². The van der Waals surface area contributed by atoms with Gasteiger partial charge in [-0.15, -0.1) is 0 Å². The van der Waals surface area contributed by atoms with Gasteiger partial charge in [-0.3, -0.25) is 14.4 Å². The number of carbonyl (C=O) groups excluding carboxylic acids is 3. The summed E-state index contributed by atoms with van der Waals surface area (Å²) in [6.07, 6.45) is 2.26. The predicted molar refractivity (Wildman–Crippen MR) is 108 cm³/mol. The highest BCUT2D eigenvalue weighted by Crippen LogP contribution is 2.33. The number of fused-ring (bicyclic) bond motifs is 1. The van der Waals surface area contributed by atoms with Crippen molar-refractivity contribution >= 4 is 34.9 Å². The Labute approximate surface area is 181 Å². The fourth-order valence-corrected chi connectivity index (χ4v) is 4.37. The highest BCUT2D eigenvalue weighted by Gasteiger charge is 2.36. The zero-order chi connectivity index (χ0) is 22.3. The molecule has 1 aromatic heterocycles. The summed E-state index contributed by atoms with van der Waals surface area (Å²) in [5.41, 5.74) is 0.530. The van der Waals surface area contributed by atoms with E-state index in [1.54, 1.807) is 4.57 Å². The normalized spacial score (nSPS) is 19.9. The minimum absolute atomic E-state index is 0.0323. The fraction of sp³-hybridized carbons (Fsp3) is 0.381. The van der Waals surface area contributed by atoms with E-state index in [-0.39, 0.29) is 28.0 Å². The third-order valence-corrected chi connectivity index (χ3v) is 6.00. The summed E-state index contributed by atoms with van der Waals surface area (Å²) in [5.74, 6) is -4.55. The Balaban J connectivity index is 1.63. The number of aliphatic hydroxyl groups is 1. The first-order valence-electron chi connectivity index (χ1n) is 9.96. The van der Waals surface area contributed by atoms with Crippen LogP contribution in [0.3, 0.4) is 0 Å². The lowest BCUT2D eigenvalue weighted by molar-refractivity contribution is -0.119. The molecule has 164 valence electrons. The van der Waals surface area contributed by atoms with Gasteiger partial charge >= 0.3 is 0 Å². The number of nitrogens with one attached hydrogen (secondary N) is 2. The molecule has 1 fully saturated rings. The number of ketones is 1. The van der Waals surface area contributed by atoms with Crippen molar-refractivity contribution in [2.24, 2.45) is 0 Å². The van der Waals surface area contributed by atoms with Gasteiger partial charge in [-0.2, -0.15) is 0 Å². The lowest BCUT2D eigenvalue weighted by Gasteiger charge is -2.31. The summed E-state index contributed by atoms with van der Waals surface area (Å²) < 4.78 is 28.2. The van der Waals surface area contributed by atoms with Crippen LogP contribution in [-0.4, -0.2) is 39.4 Å². The van der Waals surface area contributed by atoms with E-state index < -0.39 is 35.3 Å². The second kappa shape index (κ2) is 8.39. The molecule has 4 rings (SSSR count). The van der Waals surface area contributed by atoms with Gasteiger partial charge in [0.25, 0.3) is 17.6 Å². The van der Waals surface area contributed by atoms with E-state index in [1.165, 1.54) is 6.07 Å². The summed E-state index contributed by atoms with van der Waals surface area (Å²) in [6, 6.07) is 2.66. The molecule has 2 amide bonds. The number of aliphatic hydroxyl groups excluding tert-OH is 1. The van der Waals surface area contributed by atoms with Crippen LogP contribution < -0.4 is 10.6 Å². The lowest BCUT2D eigenvalue weighted by Crippen LogP contribution is -2.49. The van der Waals surface area contributed by atoms with Gasteiger partial charge in [0.2, 0.25) is 0 Å². The minimum Gasteiger partial charge on any atom is -0.393 e. The molecule has 0 saturated heterocycles. The van der Waals surface area contributed by atoms with E-state index in [0.717, 1.165) is 25.0 Å². The van der Waals surface area contributed by atoms with Crippen LogP contribution in [0, 0.1) is 11.6 Å². The monoisotopic (exact) mass is 451 g/mol. The van der Waals surface area contributed by atoms with Crippen LogP contribution in [0.5, 0.6) is 0 Å². The summed E-state index contributed by atoms with van der Waals surface area (Å²) in [5, 5.41) is 14.3. The number of rotatable bonds is 5. The zero-order valence-electron chi connectivity index (χ0n) is 16.4. The van der Waals surface area contributed by atoms with Gasteiger partial charge in [0.15, 0.2) is 11.6 Å². The Hall–Kier alpha value is -2.78. The summed E-state index contributed by atoms with van der Waals surface area (Å²) in [4.78, 5) is 38.2. The highest BCUT2D eigenvalue weighted by atomic mass is 35.5. The zero-order valence-corrected chi connectivity index (χ0v) is 17.1. The van der Waals surface area contributed by atoms with E-state index in [1.807, 2.05) is 0 Å². The second-order valence-electron chi connectivity index (χ2n) is 7.80. The number of benzene rings is 1. The standard InChI is InChI=1S/C21H20ClF2N3O4/c22-17-16(20(30)25-10-4-5-13(23)14(24)9-10)15-3-1-2-6-27(15)18(17)19(29)21(31)26-11-7-12(28)8-11/h4-5,9,11-12,28H,1-3,6-8H2,(H,25,30)(H,26,31)/t11-,12-. The van der Waals surface area contributed by atoms with Crippen molar-refractivity contribution in [2.75, 3.05) is 5.32 Å². The molecule has 0 atom stereocenters. The largest absolute Gasteiger partial charge is 0.393 e. The minimum atomic E-state index is -1.11. The first-order valence-corrected chi connectivity index (χ1v) is 10.3. The van der Waals surface area contributed by atoms with Crippen molar-refractivity contribution in [3.63, 3.8) is 0 Å². The molecule has 1 saturated carbocycles. The number of hydrogen-bond donors (Lipinski definition) is 3. The average Bonchev–Trinajstić information content (AvgIpc) is 3.00. The number of nitrogens with zero attached hydrogens (tertiary/aromatic N) is 1. The number of amides is 2. The Morgan fingerprint density at radius 1 is 1.13 bits per heavy atom. The van der Waals surface area contributed by atoms with Gasteiger partial charge in [0.1, 0.15) is 5.69 Å². The summed E-state index contributed by atoms with van der Waals surface area (Å²) >= 11 is 6.43. The summed E-state index contributed by atoms with van der Waals surface area (Å²) in [7, 11) is 0. The molecular weight excluding hydrogens is 432 g/mol. The molecule has 0 radical (unpaired) electrons. The Morgan fingerprint density at radius 3 is 2.55 bits per heavy atom. The van der Waals surface area contributed by atoms with Crippen molar-refractivity contribution in [1.82, 2.24) is 9.88 Å². The molecule has 2 aliphatic rings. The van der Waals surface area contributed by atoms with Gasteiger partial charge in [-0.25, -0.2) is 8.78 Å². The third-order valence-electron chi connectivity index (χ3n) is 5.63. The van der Waals surface area contributed by atoms with Crippen LogP contribution in [-0.2, 0) is 17.8 Å². The molecule has 1 aromatic carbocycles. The van der Waals surface area contributed by atoms with Crippen molar-refractivity contribution in [1.29, 1.82) is 0 Å². The Kier molecular flexibility index (Phi) is 5.81. The van der Waals surface area contributed by atoms with Gasteiger partial charge in [-0.1, -0.05) is 11.6 Å². The van der Waals surface area contributed by atoms with E-state index >= 15 is 0 Å². The summed E-state index contributed by atoms with van der Waals surface area (Å²) in [6.45, 7) is 0.421. The maximum atomic E-state index is 13.5. The van der Waals surface area contributed by atoms with Gasteiger partial charge in [0, 0.05) is 30.0 Å². The van der Waals surface area contributed by atoms with Gasteiger partial charge in [-0.05, 0) is 44.2 Å². The molecule has 2 aromatic rings. The van der Waals surface area contributed by atoms with Crippen LogP contribution in [0.1, 0.15) is 52.2 Å². The van der Waals surface area contributed by atoms with Crippen LogP contribution >= 0.6 is 11.6 Å². The number of aromatic nitrogens is 1. The quantitative estimate of drug-likeness (QED) is 0.480. The van der Waals surface area contributed by atoms with Crippen molar-refractivity contribution in [3.8, 4) is 0 Å². The molecule has 1 aliphatic heterocycles. The molecule has 7 nitrogen and oxygen atoms in total. The van der Waals surface area contributed by atoms with Crippen LogP contribution in [0.15, 0.2) is 18.2 Å². The average molecular weight is 452 g/mol. The van der Waals surface area contributed by atoms with Gasteiger partial charge in [0.05, 0.1) is 16.7 Å². The first-order chi connectivity index (χ1) is 14.8. The number of carbonyl (C=O) groups is 3. The molecule has 0 bridgehead atoms. The molecule has 3 N–H and O–H groups in total. The van der Waals surface area contributed by atoms with Crippen molar-refractivity contribution in [2.45, 2.75) is 50.8 Å². The van der Waals surface area contributed by atoms with Gasteiger partial charge < -0.3 is 20.3 Å². The van der Waals surface area contributed by atoms with E-state index in [9.17, 15) is 28.3 Å². The molecule has 1 aliphatic carbocycles. The molecule has 10 heteroatoms. The van der Waals surface area contributed by atoms with E-state index in [4.69, 9.17) is 11.6 Å². The number of halogens is 3. The maximum Gasteiger partial charge on any atom is 0.294 e. The second-order valence-corrected chi connectivity index (χ2v) is 8.18.